The maximum Gasteiger partial charge on any atom is 0.128 e. The fourth-order valence-electron chi connectivity index (χ4n) is 2.50. The number of hydrogen-bond acceptors (Lipinski definition) is 2. The fraction of sp³-hybridized carbons (Fsp3) is 0.235. The van der Waals surface area contributed by atoms with Crippen LogP contribution in [0.5, 0.6) is 0 Å². The van der Waals surface area contributed by atoms with E-state index in [2.05, 4.69) is 18.8 Å². The van der Waals surface area contributed by atoms with Crippen LogP contribution in [0, 0.1) is 12.7 Å². The van der Waals surface area contributed by atoms with Crippen molar-refractivity contribution < 1.29 is 4.39 Å². The Hall–Kier alpha value is -2.36. The molecule has 0 aliphatic heterocycles. The maximum atomic E-state index is 13.9. The number of hydrogen-bond donors (Lipinski definition) is 1. The van der Waals surface area contributed by atoms with Crippen molar-refractivity contribution in [3.63, 3.8) is 0 Å². The summed E-state index contributed by atoms with van der Waals surface area (Å²) < 4.78 is 15.9. The number of fused-ring (bicyclic) bond motifs is 1. The number of halogens is 1. The van der Waals surface area contributed by atoms with Gasteiger partial charge in [-0.25, -0.2) is 9.37 Å². The average Bonchev–Trinajstić information content (AvgIpc) is 2.80. The van der Waals surface area contributed by atoms with E-state index < -0.39 is 0 Å². The number of anilines is 1. The normalized spacial score (nSPS) is 11.5. The molecule has 0 spiro atoms. The van der Waals surface area contributed by atoms with E-state index in [0.29, 0.717) is 11.3 Å². The van der Waals surface area contributed by atoms with Crippen LogP contribution in [0.4, 0.5) is 10.1 Å². The Balaban J connectivity index is 2.33. The number of benzene rings is 2. The van der Waals surface area contributed by atoms with Crippen LogP contribution in [-0.4, -0.2) is 9.55 Å². The molecule has 0 radical (unpaired) electrons. The van der Waals surface area contributed by atoms with Gasteiger partial charge in [0.2, 0.25) is 0 Å². The third-order valence-corrected chi connectivity index (χ3v) is 3.63. The number of rotatable bonds is 2. The topological polar surface area (TPSA) is 43.8 Å². The number of nitrogens with two attached hydrogens (primary N) is 1. The van der Waals surface area contributed by atoms with Gasteiger partial charge in [0.1, 0.15) is 11.6 Å². The zero-order valence-corrected chi connectivity index (χ0v) is 12.4. The first-order valence-electron chi connectivity index (χ1n) is 7.02. The molecule has 1 aromatic heterocycles. The van der Waals surface area contributed by atoms with Crippen molar-refractivity contribution in [1.29, 1.82) is 0 Å². The van der Waals surface area contributed by atoms with Gasteiger partial charge in [0.25, 0.3) is 0 Å². The number of nitrogen functional groups attached to an aromatic ring is 1. The Morgan fingerprint density at radius 3 is 2.57 bits per heavy atom. The summed E-state index contributed by atoms with van der Waals surface area (Å²) in [4.78, 5) is 4.66. The summed E-state index contributed by atoms with van der Waals surface area (Å²) >= 11 is 0. The third-order valence-electron chi connectivity index (χ3n) is 3.63. The molecule has 1 heterocycles. The fourth-order valence-corrected chi connectivity index (χ4v) is 2.50. The largest absolute Gasteiger partial charge is 0.399 e. The lowest BCUT2D eigenvalue weighted by Gasteiger charge is -2.12. The van der Waals surface area contributed by atoms with Gasteiger partial charge in [-0.2, -0.15) is 0 Å². The molecule has 0 fully saturated rings. The van der Waals surface area contributed by atoms with Crippen molar-refractivity contribution in [2.75, 3.05) is 5.73 Å². The second kappa shape index (κ2) is 4.88. The molecule has 0 aliphatic carbocycles. The minimum absolute atomic E-state index is 0.209. The van der Waals surface area contributed by atoms with E-state index in [4.69, 9.17) is 5.73 Å². The second-order valence-corrected chi connectivity index (χ2v) is 5.64. The first-order valence-corrected chi connectivity index (χ1v) is 7.02. The molecule has 3 nitrogen and oxygen atoms in total. The number of imidazole rings is 1. The van der Waals surface area contributed by atoms with E-state index in [1.807, 2.05) is 28.8 Å². The van der Waals surface area contributed by atoms with Gasteiger partial charge in [0.15, 0.2) is 0 Å². The molecule has 4 heteroatoms. The van der Waals surface area contributed by atoms with Gasteiger partial charge in [-0.1, -0.05) is 19.9 Å². The number of aryl methyl sites for hydroxylation is 1. The van der Waals surface area contributed by atoms with E-state index in [1.165, 1.54) is 0 Å². The third kappa shape index (κ3) is 2.27. The predicted molar refractivity (Wildman–Crippen MR) is 84.3 cm³/mol. The Bertz CT molecular complexity index is 818. The monoisotopic (exact) mass is 283 g/mol. The van der Waals surface area contributed by atoms with Crippen LogP contribution in [0.15, 0.2) is 36.4 Å². The lowest BCUT2D eigenvalue weighted by Crippen LogP contribution is -2.03. The van der Waals surface area contributed by atoms with E-state index in [-0.39, 0.29) is 11.7 Å². The highest BCUT2D eigenvalue weighted by molar-refractivity contribution is 5.81. The van der Waals surface area contributed by atoms with Gasteiger partial charge in [0.05, 0.1) is 16.7 Å². The highest BCUT2D eigenvalue weighted by Crippen LogP contribution is 2.28. The Labute approximate surface area is 123 Å². The van der Waals surface area contributed by atoms with Gasteiger partial charge in [-0.15, -0.1) is 0 Å². The molecule has 0 amide bonds. The molecule has 0 saturated heterocycles. The van der Waals surface area contributed by atoms with Crippen LogP contribution in [0.25, 0.3) is 16.7 Å². The molecular formula is C17H18FN3. The van der Waals surface area contributed by atoms with Crippen molar-refractivity contribution in [2.45, 2.75) is 26.7 Å². The summed E-state index contributed by atoms with van der Waals surface area (Å²) in [6.45, 7) is 5.91. The average molecular weight is 283 g/mol. The van der Waals surface area contributed by atoms with Gasteiger partial charge in [-0.05, 0) is 42.8 Å². The second-order valence-electron chi connectivity index (χ2n) is 5.64. The van der Waals surface area contributed by atoms with Crippen LogP contribution in [0.2, 0.25) is 0 Å². The van der Waals surface area contributed by atoms with Crippen LogP contribution in [0.1, 0.15) is 31.2 Å². The Morgan fingerprint density at radius 1 is 1.14 bits per heavy atom. The van der Waals surface area contributed by atoms with Crippen molar-refractivity contribution in [1.82, 2.24) is 9.55 Å². The van der Waals surface area contributed by atoms with Crippen LogP contribution < -0.4 is 5.73 Å². The van der Waals surface area contributed by atoms with Crippen LogP contribution >= 0.6 is 0 Å². The number of nitrogens with zero attached hydrogens (tertiary/aromatic N) is 2. The van der Waals surface area contributed by atoms with Gasteiger partial charge in [-0.3, -0.25) is 4.57 Å². The highest BCUT2D eigenvalue weighted by Gasteiger charge is 2.16. The Kier molecular flexibility index (Phi) is 3.16. The minimum Gasteiger partial charge on any atom is -0.399 e. The molecule has 2 aromatic carbocycles. The van der Waals surface area contributed by atoms with Crippen molar-refractivity contribution >= 4 is 16.7 Å². The summed E-state index contributed by atoms with van der Waals surface area (Å²) in [5.74, 6) is 0.918. The van der Waals surface area contributed by atoms with E-state index in [0.717, 1.165) is 22.5 Å². The van der Waals surface area contributed by atoms with Gasteiger partial charge in [0, 0.05) is 11.6 Å². The molecule has 0 unspecified atom stereocenters. The molecular weight excluding hydrogens is 265 g/mol. The quantitative estimate of drug-likeness (QED) is 0.717. The summed E-state index contributed by atoms with van der Waals surface area (Å²) in [6.07, 6.45) is 0. The molecule has 2 N–H and O–H groups in total. The molecule has 0 aliphatic rings. The number of aromatic nitrogens is 2. The zero-order valence-electron chi connectivity index (χ0n) is 12.4. The summed E-state index contributed by atoms with van der Waals surface area (Å²) in [6, 6.07) is 10.9. The van der Waals surface area contributed by atoms with Crippen molar-refractivity contribution in [3.05, 3.63) is 53.6 Å². The zero-order chi connectivity index (χ0) is 15.1. The van der Waals surface area contributed by atoms with Crippen molar-refractivity contribution in [2.24, 2.45) is 0 Å². The van der Waals surface area contributed by atoms with E-state index in [1.54, 1.807) is 19.1 Å². The molecule has 3 rings (SSSR count). The smallest absolute Gasteiger partial charge is 0.128 e. The van der Waals surface area contributed by atoms with Crippen LogP contribution in [0.3, 0.4) is 0 Å². The molecule has 0 saturated carbocycles. The van der Waals surface area contributed by atoms with Crippen molar-refractivity contribution in [3.8, 4) is 5.69 Å². The molecule has 108 valence electrons. The highest BCUT2D eigenvalue weighted by atomic mass is 19.1. The minimum atomic E-state index is -0.209. The molecule has 3 aromatic rings. The van der Waals surface area contributed by atoms with E-state index >= 15 is 0 Å². The Morgan fingerprint density at radius 2 is 1.90 bits per heavy atom. The van der Waals surface area contributed by atoms with Gasteiger partial charge < -0.3 is 5.73 Å². The summed E-state index contributed by atoms with van der Waals surface area (Å²) in [5.41, 5.74) is 9.71. The molecule has 0 bridgehead atoms. The van der Waals surface area contributed by atoms with E-state index in [9.17, 15) is 4.39 Å². The standard InChI is InChI=1S/C17H18FN3/c1-10(2)17-20-15-8-12(19)5-7-16(15)21(17)13-6-4-11(3)14(18)9-13/h4-10H,19H2,1-3H3. The lowest BCUT2D eigenvalue weighted by molar-refractivity contribution is 0.616. The van der Waals surface area contributed by atoms with Crippen LogP contribution in [-0.2, 0) is 0 Å². The molecule has 0 atom stereocenters. The summed E-state index contributed by atoms with van der Waals surface area (Å²) in [7, 11) is 0. The summed E-state index contributed by atoms with van der Waals surface area (Å²) in [5, 5.41) is 0. The lowest BCUT2D eigenvalue weighted by atomic mass is 10.1. The molecule has 21 heavy (non-hydrogen) atoms. The first-order chi connectivity index (χ1) is 9.97. The van der Waals surface area contributed by atoms with Gasteiger partial charge >= 0.3 is 0 Å². The maximum absolute atomic E-state index is 13.9. The predicted octanol–water partition coefficient (Wildman–Crippen LogP) is 4.18. The SMILES string of the molecule is Cc1ccc(-n2c(C(C)C)nc3cc(N)ccc32)cc1F. The first kappa shape index (κ1) is 13.6.